The molecule has 0 bridgehead atoms. The highest BCUT2D eigenvalue weighted by Gasteiger charge is 2.13. The predicted octanol–water partition coefficient (Wildman–Crippen LogP) is 5.00. The molecule has 0 saturated heterocycles. The topological polar surface area (TPSA) is 80.9 Å². The van der Waals surface area contributed by atoms with Crippen molar-refractivity contribution in [3.63, 3.8) is 0 Å². The molecule has 2 rings (SSSR count). The lowest BCUT2D eigenvalue weighted by molar-refractivity contribution is 0.0453. The number of nitrogens with one attached hydrogen (secondary N) is 2. The molecule has 7 nitrogen and oxygen atoms in total. The Bertz CT molecular complexity index is 778. The van der Waals surface area contributed by atoms with Crippen LogP contribution >= 0.6 is 24.0 Å². The summed E-state index contributed by atoms with van der Waals surface area (Å²) in [6.45, 7) is 12.8. The molecule has 32 heavy (non-hydrogen) atoms. The van der Waals surface area contributed by atoms with Crippen LogP contribution in [-0.2, 0) is 29.2 Å². The van der Waals surface area contributed by atoms with Crippen LogP contribution in [0.5, 0.6) is 0 Å². The number of aliphatic imine (C=N–C) groups is 1. The average molecular weight is 559 g/mol. The molecule has 1 aromatic heterocycles. The third-order valence-electron chi connectivity index (χ3n) is 5.01. The Morgan fingerprint density at radius 3 is 2.50 bits per heavy atom. The Labute approximate surface area is 209 Å². The third kappa shape index (κ3) is 10.3. The van der Waals surface area contributed by atoms with Crippen LogP contribution in [0.15, 0.2) is 39.8 Å². The van der Waals surface area contributed by atoms with Gasteiger partial charge in [-0.3, -0.25) is 0 Å². The molecule has 1 aromatic carbocycles. The van der Waals surface area contributed by atoms with Crippen LogP contribution in [0.3, 0.4) is 0 Å². The molecular formula is C24H39IN4O3. The van der Waals surface area contributed by atoms with Crippen molar-refractivity contribution in [3.05, 3.63) is 52.9 Å². The SMILES string of the molecule is CCNC(=NCc1cccc(COCCOCC)c1)NCc1cc(C(CC)CC)no1.I. The summed E-state index contributed by atoms with van der Waals surface area (Å²) in [5.41, 5.74) is 3.31. The van der Waals surface area contributed by atoms with Gasteiger partial charge in [0.1, 0.15) is 0 Å². The van der Waals surface area contributed by atoms with Crippen LogP contribution in [0, 0.1) is 0 Å². The number of hydrogen-bond acceptors (Lipinski definition) is 5. The van der Waals surface area contributed by atoms with Crippen molar-refractivity contribution in [2.75, 3.05) is 26.4 Å². The van der Waals surface area contributed by atoms with E-state index in [-0.39, 0.29) is 24.0 Å². The van der Waals surface area contributed by atoms with Crippen LogP contribution in [0.1, 0.15) is 69.0 Å². The standard InChI is InChI=1S/C24H38N4O3.HI/c1-5-21(6-2)23-15-22(31-28-23)17-27-24(25-7-3)26-16-19-10-9-11-20(14-19)18-30-13-12-29-8-4;/h9-11,14-15,21H,5-8,12-13,16-18H2,1-4H3,(H2,25,26,27);1H. The number of nitrogens with zero attached hydrogens (tertiary/aromatic N) is 2. The summed E-state index contributed by atoms with van der Waals surface area (Å²) in [6, 6.07) is 10.4. The van der Waals surface area contributed by atoms with Crippen LogP contribution in [0.4, 0.5) is 0 Å². The smallest absolute Gasteiger partial charge is 0.191 e. The Hall–Kier alpha value is -1.65. The lowest BCUT2D eigenvalue weighted by atomic mass is 9.99. The number of ether oxygens (including phenoxy) is 2. The second-order valence-electron chi connectivity index (χ2n) is 7.35. The van der Waals surface area contributed by atoms with Crippen molar-refractivity contribution in [2.24, 2.45) is 4.99 Å². The molecule has 0 amide bonds. The Balaban J connectivity index is 0.00000512. The summed E-state index contributed by atoms with van der Waals surface area (Å²) in [4.78, 5) is 4.71. The van der Waals surface area contributed by atoms with Gasteiger partial charge < -0.3 is 24.6 Å². The van der Waals surface area contributed by atoms with E-state index >= 15 is 0 Å². The maximum atomic E-state index is 5.66. The number of aromatic nitrogens is 1. The monoisotopic (exact) mass is 558 g/mol. The van der Waals surface area contributed by atoms with E-state index in [1.165, 1.54) is 0 Å². The molecular weight excluding hydrogens is 519 g/mol. The Kier molecular flexibility index (Phi) is 15.0. The molecule has 180 valence electrons. The second-order valence-corrected chi connectivity index (χ2v) is 7.35. The van der Waals surface area contributed by atoms with Gasteiger partial charge in [-0.2, -0.15) is 0 Å². The Morgan fingerprint density at radius 2 is 1.78 bits per heavy atom. The van der Waals surface area contributed by atoms with Gasteiger partial charge in [-0.05, 0) is 37.8 Å². The molecule has 0 aliphatic rings. The third-order valence-corrected chi connectivity index (χ3v) is 5.01. The molecule has 0 fully saturated rings. The van der Waals surface area contributed by atoms with Crippen molar-refractivity contribution in [1.29, 1.82) is 0 Å². The van der Waals surface area contributed by atoms with Gasteiger partial charge >= 0.3 is 0 Å². The van der Waals surface area contributed by atoms with Crippen molar-refractivity contribution >= 4 is 29.9 Å². The van der Waals surface area contributed by atoms with Crippen molar-refractivity contribution in [1.82, 2.24) is 15.8 Å². The van der Waals surface area contributed by atoms with Crippen LogP contribution in [0.2, 0.25) is 0 Å². The van der Waals surface area contributed by atoms with Crippen LogP contribution < -0.4 is 10.6 Å². The first-order valence-corrected chi connectivity index (χ1v) is 11.4. The fourth-order valence-electron chi connectivity index (χ4n) is 3.26. The van der Waals surface area contributed by atoms with Crippen molar-refractivity contribution in [2.45, 2.75) is 66.2 Å². The van der Waals surface area contributed by atoms with Gasteiger partial charge in [-0.15, -0.1) is 24.0 Å². The Morgan fingerprint density at radius 1 is 1.03 bits per heavy atom. The van der Waals surface area contributed by atoms with E-state index in [0.717, 1.165) is 47.9 Å². The van der Waals surface area contributed by atoms with E-state index in [2.05, 4.69) is 54.8 Å². The van der Waals surface area contributed by atoms with E-state index in [0.29, 0.717) is 45.4 Å². The summed E-state index contributed by atoms with van der Waals surface area (Å²) in [5.74, 6) is 2.02. The maximum absolute atomic E-state index is 5.66. The minimum absolute atomic E-state index is 0. The van der Waals surface area contributed by atoms with Crippen LogP contribution in [0.25, 0.3) is 0 Å². The maximum Gasteiger partial charge on any atom is 0.191 e. The highest BCUT2D eigenvalue weighted by Crippen LogP contribution is 2.22. The highest BCUT2D eigenvalue weighted by molar-refractivity contribution is 14.0. The molecule has 0 atom stereocenters. The zero-order valence-corrected chi connectivity index (χ0v) is 22.2. The van der Waals surface area contributed by atoms with Gasteiger partial charge in [0.15, 0.2) is 11.7 Å². The number of halogens is 1. The summed E-state index contributed by atoms with van der Waals surface area (Å²) in [7, 11) is 0. The molecule has 1 heterocycles. The van der Waals surface area contributed by atoms with E-state index in [1.807, 2.05) is 19.1 Å². The molecule has 0 unspecified atom stereocenters. The molecule has 0 spiro atoms. The first-order chi connectivity index (χ1) is 15.2. The lowest BCUT2D eigenvalue weighted by Gasteiger charge is -2.10. The largest absolute Gasteiger partial charge is 0.379 e. The van der Waals surface area contributed by atoms with Gasteiger partial charge in [-0.1, -0.05) is 43.3 Å². The molecule has 0 radical (unpaired) electrons. The summed E-state index contributed by atoms with van der Waals surface area (Å²) < 4.78 is 16.5. The lowest BCUT2D eigenvalue weighted by Crippen LogP contribution is -2.36. The van der Waals surface area contributed by atoms with E-state index in [4.69, 9.17) is 19.0 Å². The van der Waals surface area contributed by atoms with E-state index in [1.54, 1.807) is 0 Å². The zero-order chi connectivity index (χ0) is 22.3. The minimum atomic E-state index is 0. The minimum Gasteiger partial charge on any atom is -0.379 e. The van der Waals surface area contributed by atoms with E-state index < -0.39 is 0 Å². The predicted molar refractivity (Wildman–Crippen MR) is 139 cm³/mol. The summed E-state index contributed by atoms with van der Waals surface area (Å²) in [5, 5.41) is 10.8. The second kappa shape index (κ2) is 16.9. The van der Waals surface area contributed by atoms with E-state index in [9.17, 15) is 0 Å². The van der Waals surface area contributed by atoms with Gasteiger partial charge in [0.05, 0.1) is 38.6 Å². The number of guanidine groups is 1. The van der Waals surface area contributed by atoms with Crippen LogP contribution in [-0.4, -0.2) is 37.5 Å². The van der Waals surface area contributed by atoms with Crippen molar-refractivity contribution in [3.8, 4) is 0 Å². The number of rotatable bonds is 14. The molecule has 2 N–H and O–H groups in total. The zero-order valence-electron chi connectivity index (χ0n) is 19.9. The first-order valence-electron chi connectivity index (χ1n) is 11.4. The summed E-state index contributed by atoms with van der Waals surface area (Å²) in [6.07, 6.45) is 2.13. The average Bonchev–Trinajstić information content (AvgIpc) is 3.25. The normalized spacial score (nSPS) is 11.5. The highest BCUT2D eigenvalue weighted by atomic mass is 127. The first kappa shape index (κ1) is 28.4. The quantitative estimate of drug-likeness (QED) is 0.147. The van der Waals surface area contributed by atoms with Gasteiger partial charge in [0, 0.05) is 25.1 Å². The number of hydrogen-bond donors (Lipinski definition) is 2. The fraction of sp³-hybridized carbons (Fsp3) is 0.583. The molecule has 0 saturated carbocycles. The number of benzene rings is 1. The molecule has 0 aliphatic carbocycles. The van der Waals surface area contributed by atoms with Gasteiger partial charge in [-0.25, -0.2) is 4.99 Å². The fourth-order valence-corrected chi connectivity index (χ4v) is 3.26. The molecule has 0 aliphatic heterocycles. The van der Waals surface area contributed by atoms with Gasteiger partial charge in [0.2, 0.25) is 0 Å². The van der Waals surface area contributed by atoms with Crippen molar-refractivity contribution < 1.29 is 14.0 Å². The summed E-state index contributed by atoms with van der Waals surface area (Å²) >= 11 is 0. The molecule has 2 aromatic rings. The molecule has 8 heteroatoms. The van der Waals surface area contributed by atoms with Gasteiger partial charge in [0.25, 0.3) is 0 Å².